The number of hydrazone groups is 1. The van der Waals surface area contributed by atoms with Crippen LogP contribution >= 0.6 is 24.0 Å². The maximum Gasteiger partial charge on any atom is 0.246 e. The fourth-order valence-electron chi connectivity index (χ4n) is 4.07. The molecular formula is C22H26Cl2N4O2. The van der Waals surface area contributed by atoms with Crippen molar-refractivity contribution in [3.05, 3.63) is 59.7 Å². The number of rotatable bonds is 7. The number of halogens is 2. The van der Waals surface area contributed by atoms with Gasteiger partial charge in [0.15, 0.2) is 0 Å². The summed E-state index contributed by atoms with van der Waals surface area (Å²) in [6.07, 6.45) is 13.2. The fraction of sp³-hybridized carbons (Fsp3) is 0.409. The van der Waals surface area contributed by atoms with E-state index < -0.39 is 0 Å². The van der Waals surface area contributed by atoms with Gasteiger partial charge in [0.05, 0.1) is 30.1 Å². The van der Waals surface area contributed by atoms with Crippen molar-refractivity contribution in [2.75, 3.05) is 13.7 Å². The minimum atomic E-state index is -0.0537. The number of aryl methyl sites for hydroxylation is 1. The molecule has 1 amide bonds. The Morgan fingerprint density at radius 2 is 1.93 bits per heavy atom. The number of amides is 1. The van der Waals surface area contributed by atoms with Crippen molar-refractivity contribution >= 4 is 35.6 Å². The molecule has 1 aromatic heterocycles. The van der Waals surface area contributed by atoms with Crippen molar-refractivity contribution < 1.29 is 9.53 Å². The Bertz CT molecular complexity index is 927. The van der Waals surface area contributed by atoms with Crippen molar-refractivity contribution in [3.63, 3.8) is 0 Å². The normalized spacial score (nSPS) is 20.4. The SMILES string of the molecule is COc1ccc(C2=NN(CCCCn3ccnc3)C(=O)[C@@H]3CC=CC[C@H]23)cc1Cl.Cl. The molecule has 6 nitrogen and oxygen atoms in total. The molecule has 0 saturated heterocycles. The van der Waals surface area contributed by atoms with E-state index in [-0.39, 0.29) is 30.2 Å². The van der Waals surface area contributed by atoms with Gasteiger partial charge in [-0.2, -0.15) is 5.10 Å². The van der Waals surface area contributed by atoms with Gasteiger partial charge in [0.1, 0.15) is 5.75 Å². The number of unbranched alkanes of at least 4 members (excludes halogenated alkanes) is 1. The molecule has 2 atom stereocenters. The smallest absolute Gasteiger partial charge is 0.246 e. The molecule has 2 heterocycles. The molecule has 0 saturated carbocycles. The Hall–Kier alpha value is -2.31. The molecule has 2 aromatic rings. The zero-order valence-electron chi connectivity index (χ0n) is 16.9. The van der Waals surface area contributed by atoms with Crippen LogP contribution in [0.2, 0.25) is 5.02 Å². The summed E-state index contributed by atoms with van der Waals surface area (Å²) in [6.45, 7) is 1.51. The topological polar surface area (TPSA) is 59.7 Å². The maximum absolute atomic E-state index is 13.1. The van der Waals surface area contributed by atoms with Crippen LogP contribution in [0.4, 0.5) is 0 Å². The van der Waals surface area contributed by atoms with Crippen molar-refractivity contribution in [1.82, 2.24) is 14.6 Å². The van der Waals surface area contributed by atoms with E-state index in [4.69, 9.17) is 21.4 Å². The second-order valence-electron chi connectivity index (χ2n) is 7.46. The summed E-state index contributed by atoms with van der Waals surface area (Å²) in [5.41, 5.74) is 1.90. The summed E-state index contributed by atoms with van der Waals surface area (Å²) < 4.78 is 7.32. The number of methoxy groups -OCH3 is 1. The van der Waals surface area contributed by atoms with E-state index in [0.717, 1.165) is 43.5 Å². The van der Waals surface area contributed by atoms with E-state index in [1.807, 2.05) is 35.3 Å². The monoisotopic (exact) mass is 448 g/mol. The molecule has 0 bridgehead atoms. The van der Waals surface area contributed by atoms with Crippen molar-refractivity contribution in [2.24, 2.45) is 16.9 Å². The molecular weight excluding hydrogens is 423 g/mol. The molecule has 0 unspecified atom stereocenters. The number of nitrogens with zero attached hydrogens (tertiary/aromatic N) is 4. The van der Waals surface area contributed by atoms with E-state index in [2.05, 4.69) is 17.1 Å². The van der Waals surface area contributed by atoms with Gasteiger partial charge in [-0.05, 0) is 49.4 Å². The molecule has 0 N–H and O–H groups in total. The van der Waals surface area contributed by atoms with Crippen LogP contribution in [0.25, 0.3) is 0 Å². The Balaban J connectivity index is 0.00000256. The molecule has 8 heteroatoms. The number of allylic oxidation sites excluding steroid dienone is 2. The van der Waals surface area contributed by atoms with Gasteiger partial charge in [0, 0.05) is 31.4 Å². The summed E-state index contributed by atoms with van der Waals surface area (Å²) in [7, 11) is 1.60. The largest absolute Gasteiger partial charge is 0.495 e. The average molecular weight is 449 g/mol. The highest BCUT2D eigenvalue weighted by Gasteiger charge is 2.39. The van der Waals surface area contributed by atoms with Gasteiger partial charge in [0.25, 0.3) is 0 Å². The lowest BCUT2D eigenvalue weighted by atomic mass is 9.76. The van der Waals surface area contributed by atoms with E-state index in [0.29, 0.717) is 17.3 Å². The van der Waals surface area contributed by atoms with Crippen LogP contribution in [0, 0.1) is 11.8 Å². The molecule has 30 heavy (non-hydrogen) atoms. The third-order valence-corrected chi connectivity index (χ3v) is 5.92. The third kappa shape index (κ3) is 4.71. The zero-order valence-corrected chi connectivity index (χ0v) is 18.5. The van der Waals surface area contributed by atoms with Gasteiger partial charge < -0.3 is 9.30 Å². The van der Waals surface area contributed by atoms with Crippen LogP contribution in [0.3, 0.4) is 0 Å². The van der Waals surface area contributed by atoms with Gasteiger partial charge in [-0.1, -0.05) is 23.8 Å². The van der Waals surface area contributed by atoms with E-state index in [9.17, 15) is 4.79 Å². The molecule has 2 aliphatic rings. The number of aromatic nitrogens is 2. The summed E-state index contributed by atoms with van der Waals surface area (Å²) >= 11 is 6.36. The molecule has 0 fully saturated rings. The van der Waals surface area contributed by atoms with Crippen LogP contribution < -0.4 is 4.74 Å². The van der Waals surface area contributed by atoms with Gasteiger partial charge >= 0.3 is 0 Å². The molecule has 1 aliphatic heterocycles. The van der Waals surface area contributed by atoms with E-state index in [1.54, 1.807) is 18.3 Å². The van der Waals surface area contributed by atoms with Crippen LogP contribution in [-0.4, -0.2) is 39.8 Å². The maximum atomic E-state index is 13.1. The van der Waals surface area contributed by atoms with Gasteiger partial charge in [0.2, 0.25) is 5.91 Å². The second kappa shape index (κ2) is 10.1. The number of ether oxygens (including phenoxy) is 1. The number of benzene rings is 1. The lowest BCUT2D eigenvalue weighted by Crippen LogP contribution is -2.45. The van der Waals surface area contributed by atoms with Crippen LogP contribution in [-0.2, 0) is 11.3 Å². The number of hydrogen-bond donors (Lipinski definition) is 0. The third-order valence-electron chi connectivity index (χ3n) is 5.63. The molecule has 1 aromatic carbocycles. The Labute approximate surface area is 188 Å². The first-order valence-corrected chi connectivity index (χ1v) is 10.4. The fourth-order valence-corrected chi connectivity index (χ4v) is 4.32. The highest BCUT2D eigenvalue weighted by atomic mass is 35.5. The summed E-state index contributed by atoms with van der Waals surface area (Å²) in [6, 6.07) is 5.73. The highest BCUT2D eigenvalue weighted by Crippen LogP contribution is 2.36. The van der Waals surface area contributed by atoms with Crippen LogP contribution in [0.1, 0.15) is 31.2 Å². The predicted molar refractivity (Wildman–Crippen MR) is 120 cm³/mol. The number of fused-ring (bicyclic) bond motifs is 1. The van der Waals surface area contributed by atoms with Gasteiger partial charge in [-0.15, -0.1) is 12.4 Å². The quantitative estimate of drug-likeness (QED) is 0.460. The lowest BCUT2D eigenvalue weighted by molar-refractivity contribution is -0.137. The number of carbonyl (C=O) groups excluding carboxylic acids is 1. The first-order valence-electron chi connectivity index (χ1n) is 10.0. The molecule has 1 aliphatic carbocycles. The minimum absolute atomic E-state index is 0. The molecule has 160 valence electrons. The Morgan fingerprint density at radius 3 is 2.63 bits per heavy atom. The average Bonchev–Trinajstić information content (AvgIpc) is 3.26. The summed E-state index contributed by atoms with van der Waals surface area (Å²) in [5, 5.41) is 7.02. The van der Waals surface area contributed by atoms with E-state index >= 15 is 0 Å². The standard InChI is InChI=1S/C22H25ClN4O2.ClH/c1-29-20-9-8-16(14-19(20)23)21-17-6-2-3-7-18(17)22(28)27(25-21)12-5-4-11-26-13-10-24-15-26;/h2-3,8-10,13-15,17-18H,4-7,11-12H2,1H3;1H/t17-,18+;/m0./s1. The molecule has 0 spiro atoms. The summed E-state index contributed by atoms with van der Waals surface area (Å²) in [5.74, 6) is 0.811. The highest BCUT2D eigenvalue weighted by molar-refractivity contribution is 6.32. The molecule has 0 radical (unpaired) electrons. The number of carbonyl (C=O) groups is 1. The summed E-state index contributed by atoms with van der Waals surface area (Å²) in [4.78, 5) is 17.1. The van der Waals surface area contributed by atoms with Gasteiger partial charge in [-0.3, -0.25) is 4.79 Å². The zero-order chi connectivity index (χ0) is 20.2. The number of hydrogen-bond acceptors (Lipinski definition) is 4. The second-order valence-corrected chi connectivity index (χ2v) is 7.87. The van der Waals surface area contributed by atoms with Crippen molar-refractivity contribution in [3.8, 4) is 5.75 Å². The van der Waals surface area contributed by atoms with Crippen LogP contribution in [0.15, 0.2) is 54.2 Å². The first-order chi connectivity index (χ1) is 14.2. The molecule has 4 rings (SSSR count). The van der Waals surface area contributed by atoms with Crippen molar-refractivity contribution in [1.29, 1.82) is 0 Å². The lowest BCUT2D eigenvalue weighted by Gasteiger charge is -2.37. The van der Waals surface area contributed by atoms with Gasteiger partial charge in [-0.25, -0.2) is 9.99 Å². The van der Waals surface area contributed by atoms with E-state index in [1.165, 1.54) is 0 Å². The minimum Gasteiger partial charge on any atom is -0.495 e. The first kappa shape index (κ1) is 22.4. The Morgan fingerprint density at radius 1 is 1.17 bits per heavy atom. The van der Waals surface area contributed by atoms with Crippen LogP contribution in [0.5, 0.6) is 5.75 Å². The number of imidazole rings is 1. The predicted octanol–water partition coefficient (Wildman–Crippen LogP) is 4.58. The Kier molecular flexibility index (Phi) is 7.56. The van der Waals surface area contributed by atoms with Crippen molar-refractivity contribution in [2.45, 2.75) is 32.2 Å².